The summed E-state index contributed by atoms with van der Waals surface area (Å²) in [6, 6.07) is 12.2. The summed E-state index contributed by atoms with van der Waals surface area (Å²) >= 11 is 0. The first-order valence-corrected chi connectivity index (χ1v) is 11.8. The standard InChI is InChI=1S/C26H33FN4O3/c1-4-18(3)28-25(33)23(30-24(32)21-7-5-6-8-22(21)27)19-13-15-31(16-14-19)26(34)29-20-11-9-17(2)10-12-20/h5-12,18-19,23H,4,13-16H2,1-3H3,(H,28,33)(H,29,34)(H,30,32). The molecule has 34 heavy (non-hydrogen) atoms. The highest BCUT2D eigenvalue weighted by atomic mass is 19.1. The maximum absolute atomic E-state index is 14.1. The SMILES string of the molecule is CCC(C)NC(=O)C(NC(=O)c1ccccc1F)C1CCN(C(=O)Nc2ccc(C)cc2)CC1. The molecule has 1 saturated heterocycles. The normalized spacial score (nSPS) is 15.8. The molecule has 2 aromatic rings. The van der Waals surface area contributed by atoms with Crippen LogP contribution in [0.25, 0.3) is 0 Å². The van der Waals surface area contributed by atoms with Gasteiger partial charge < -0.3 is 20.9 Å². The van der Waals surface area contributed by atoms with Gasteiger partial charge in [-0.15, -0.1) is 0 Å². The Balaban J connectivity index is 1.66. The second kappa shape index (κ2) is 11.6. The minimum Gasteiger partial charge on any atom is -0.352 e. The number of nitrogens with zero attached hydrogens (tertiary/aromatic N) is 1. The van der Waals surface area contributed by atoms with Crippen molar-refractivity contribution in [2.24, 2.45) is 5.92 Å². The van der Waals surface area contributed by atoms with Crippen molar-refractivity contribution in [3.63, 3.8) is 0 Å². The van der Waals surface area contributed by atoms with E-state index in [2.05, 4.69) is 16.0 Å². The first-order valence-electron chi connectivity index (χ1n) is 11.8. The third-order valence-corrected chi connectivity index (χ3v) is 6.29. The molecule has 0 aliphatic carbocycles. The average molecular weight is 469 g/mol. The van der Waals surface area contributed by atoms with Crippen LogP contribution in [0.5, 0.6) is 0 Å². The molecule has 0 spiro atoms. The predicted octanol–water partition coefficient (Wildman–Crippen LogP) is 4.09. The maximum atomic E-state index is 14.1. The second-order valence-corrected chi connectivity index (χ2v) is 8.87. The molecule has 3 rings (SSSR count). The quantitative estimate of drug-likeness (QED) is 0.572. The predicted molar refractivity (Wildman–Crippen MR) is 130 cm³/mol. The lowest BCUT2D eigenvalue weighted by Gasteiger charge is -2.36. The van der Waals surface area contributed by atoms with Gasteiger partial charge in [-0.3, -0.25) is 9.59 Å². The monoisotopic (exact) mass is 468 g/mol. The molecule has 1 fully saturated rings. The van der Waals surface area contributed by atoms with Gasteiger partial charge in [0.15, 0.2) is 0 Å². The van der Waals surface area contributed by atoms with Gasteiger partial charge in [-0.1, -0.05) is 36.8 Å². The van der Waals surface area contributed by atoms with Crippen LogP contribution in [0.15, 0.2) is 48.5 Å². The molecule has 0 saturated carbocycles. The number of urea groups is 1. The van der Waals surface area contributed by atoms with E-state index in [1.54, 1.807) is 11.0 Å². The lowest BCUT2D eigenvalue weighted by atomic mass is 9.88. The van der Waals surface area contributed by atoms with Gasteiger partial charge in [0.05, 0.1) is 5.56 Å². The van der Waals surface area contributed by atoms with Gasteiger partial charge in [-0.25, -0.2) is 9.18 Å². The fourth-order valence-electron chi connectivity index (χ4n) is 3.97. The zero-order valence-corrected chi connectivity index (χ0v) is 19.9. The molecule has 1 aliphatic heterocycles. The fraction of sp³-hybridized carbons (Fsp3) is 0.423. The summed E-state index contributed by atoms with van der Waals surface area (Å²) in [5.41, 5.74) is 1.73. The number of aryl methyl sites for hydroxylation is 1. The number of amides is 4. The summed E-state index contributed by atoms with van der Waals surface area (Å²) in [6.45, 7) is 6.74. The van der Waals surface area contributed by atoms with Gasteiger partial charge in [0.2, 0.25) is 5.91 Å². The smallest absolute Gasteiger partial charge is 0.321 e. The highest BCUT2D eigenvalue weighted by Gasteiger charge is 2.34. The van der Waals surface area contributed by atoms with Crippen molar-refractivity contribution >= 4 is 23.5 Å². The third-order valence-electron chi connectivity index (χ3n) is 6.29. The van der Waals surface area contributed by atoms with E-state index in [0.717, 1.165) is 17.7 Å². The van der Waals surface area contributed by atoms with Crippen LogP contribution in [0.2, 0.25) is 0 Å². The van der Waals surface area contributed by atoms with E-state index in [0.29, 0.717) is 25.9 Å². The molecule has 4 amide bonds. The minimum absolute atomic E-state index is 0.0549. The highest BCUT2D eigenvalue weighted by Crippen LogP contribution is 2.23. The largest absolute Gasteiger partial charge is 0.352 e. The minimum atomic E-state index is -0.816. The average Bonchev–Trinajstić information content (AvgIpc) is 2.84. The van der Waals surface area contributed by atoms with Crippen LogP contribution in [0, 0.1) is 18.7 Å². The second-order valence-electron chi connectivity index (χ2n) is 8.87. The van der Waals surface area contributed by atoms with E-state index >= 15 is 0 Å². The van der Waals surface area contributed by atoms with Crippen LogP contribution in [0.1, 0.15) is 49.0 Å². The van der Waals surface area contributed by atoms with E-state index in [-0.39, 0.29) is 29.5 Å². The Hall–Kier alpha value is -3.42. The molecule has 2 unspecified atom stereocenters. The van der Waals surface area contributed by atoms with Gasteiger partial charge in [0.1, 0.15) is 11.9 Å². The van der Waals surface area contributed by atoms with Gasteiger partial charge in [-0.2, -0.15) is 0 Å². The Bertz CT molecular complexity index is 1000. The summed E-state index contributed by atoms with van der Waals surface area (Å²) in [6.07, 6.45) is 1.83. The van der Waals surface area contributed by atoms with Crippen molar-refractivity contribution < 1.29 is 18.8 Å². The number of likely N-dealkylation sites (tertiary alicyclic amines) is 1. The summed E-state index contributed by atoms with van der Waals surface area (Å²) in [5.74, 6) is -1.73. The molecule has 0 bridgehead atoms. The first kappa shape index (κ1) is 25.2. The third kappa shape index (κ3) is 6.56. The van der Waals surface area contributed by atoms with Crippen LogP contribution in [0.4, 0.5) is 14.9 Å². The van der Waals surface area contributed by atoms with Crippen LogP contribution < -0.4 is 16.0 Å². The molecule has 2 atom stereocenters. The Kier molecular flexibility index (Phi) is 8.62. The van der Waals surface area contributed by atoms with Crippen molar-refractivity contribution in [1.82, 2.24) is 15.5 Å². The highest BCUT2D eigenvalue weighted by molar-refractivity contribution is 5.98. The molecular formula is C26H33FN4O3. The van der Waals surface area contributed by atoms with E-state index in [1.165, 1.54) is 18.2 Å². The van der Waals surface area contributed by atoms with E-state index in [1.807, 2.05) is 45.0 Å². The summed E-state index contributed by atoms with van der Waals surface area (Å²) in [4.78, 5) is 40.2. The molecular weight excluding hydrogens is 435 g/mol. The number of carbonyl (C=O) groups is 3. The molecule has 7 nitrogen and oxygen atoms in total. The Morgan fingerprint density at radius 3 is 2.29 bits per heavy atom. The van der Waals surface area contributed by atoms with Crippen molar-refractivity contribution in [2.75, 3.05) is 18.4 Å². The van der Waals surface area contributed by atoms with Crippen molar-refractivity contribution in [3.8, 4) is 0 Å². The number of carbonyl (C=O) groups excluding carboxylic acids is 3. The number of hydrogen-bond acceptors (Lipinski definition) is 3. The Morgan fingerprint density at radius 1 is 1.03 bits per heavy atom. The number of piperidine rings is 1. The summed E-state index contributed by atoms with van der Waals surface area (Å²) in [7, 11) is 0. The molecule has 1 aliphatic rings. The van der Waals surface area contributed by atoms with Crippen molar-refractivity contribution in [2.45, 2.75) is 52.1 Å². The van der Waals surface area contributed by atoms with Gasteiger partial charge >= 0.3 is 6.03 Å². The van der Waals surface area contributed by atoms with Crippen LogP contribution in [-0.4, -0.2) is 47.9 Å². The van der Waals surface area contributed by atoms with Crippen LogP contribution >= 0.6 is 0 Å². The van der Waals surface area contributed by atoms with E-state index in [9.17, 15) is 18.8 Å². The molecule has 8 heteroatoms. The maximum Gasteiger partial charge on any atom is 0.321 e. The zero-order valence-electron chi connectivity index (χ0n) is 19.9. The van der Waals surface area contributed by atoms with Crippen LogP contribution in [0.3, 0.4) is 0 Å². The van der Waals surface area contributed by atoms with Crippen molar-refractivity contribution in [1.29, 1.82) is 0 Å². The Morgan fingerprint density at radius 2 is 1.68 bits per heavy atom. The van der Waals surface area contributed by atoms with Gasteiger partial charge in [0, 0.05) is 24.8 Å². The van der Waals surface area contributed by atoms with Gasteiger partial charge in [-0.05, 0) is 63.3 Å². The number of anilines is 1. The summed E-state index contributed by atoms with van der Waals surface area (Å²) in [5, 5.41) is 8.58. The molecule has 0 aromatic heterocycles. The molecule has 182 valence electrons. The lowest BCUT2D eigenvalue weighted by Crippen LogP contribution is -2.55. The van der Waals surface area contributed by atoms with Crippen LogP contribution in [-0.2, 0) is 4.79 Å². The Labute approximate surface area is 200 Å². The fourth-order valence-corrected chi connectivity index (χ4v) is 3.97. The lowest BCUT2D eigenvalue weighted by molar-refractivity contribution is -0.125. The number of halogens is 1. The number of hydrogen-bond donors (Lipinski definition) is 3. The molecule has 2 aromatic carbocycles. The van der Waals surface area contributed by atoms with Gasteiger partial charge in [0.25, 0.3) is 5.91 Å². The molecule has 0 radical (unpaired) electrons. The zero-order chi connectivity index (χ0) is 24.7. The molecule has 1 heterocycles. The molecule has 3 N–H and O–H groups in total. The van der Waals surface area contributed by atoms with Crippen molar-refractivity contribution in [3.05, 3.63) is 65.5 Å². The van der Waals surface area contributed by atoms with E-state index in [4.69, 9.17) is 0 Å². The topological polar surface area (TPSA) is 90.5 Å². The first-order chi connectivity index (χ1) is 16.3. The number of rotatable bonds is 7. The van der Waals surface area contributed by atoms with E-state index < -0.39 is 17.8 Å². The number of benzene rings is 2. The summed E-state index contributed by atoms with van der Waals surface area (Å²) < 4.78 is 14.1. The number of nitrogens with one attached hydrogen (secondary N) is 3.